The zero-order chi connectivity index (χ0) is 20.4. The number of fused-ring (bicyclic) bond motifs is 1. The van der Waals surface area contributed by atoms with E-state index in [9.17, 15) is 12.8 Å². The summed E-state index contributed by atoms with van der Waals surface area (Å²) in [5.41, 5.74) is 3.99. The number of aryl methyl sites for hydroxylation is 1. The van der Waals surface area contributed by atoms with Gasteiger partial charge in [-0.3, -0.25) is 0 Å². The summed E-state index contributed by atoms with van der Waals surface area (Å²) in [6, 6.07) is 19.5. The lowest BCUT2D eigenvalue weighted by atomic mass is 9.99. The molecule has 0 saturated heterocycles. The van der Waals surface area contributed by atoms with Crippen molar-refractivity contribution in [3.05, 3.63) is 94.8 Å². The van der Waals surface area contributed by atoms with Gasteiger partial charge in [0.05, 0.1) is 12.2 Å². The maximum atomic E-state index is 13.9. The highest BCUT2D eigenvalue weighted by molar-refractivity contribution is 7.90. The summed E-state index contributed by atoms with van der Waals surface area (Å²) in [6.07, 6.45) is 0.582. The van der Waals surface area contributed by atoms with Gasteiger partial charge in [0.1, 0.15) is 10.7 Å². The van der Waals surface area contributed by atoms with Crippen molar-refractivity contribution in [1.29, 1.82) is 0 Å². The van der Waals surface area contributed by atoms with E-state index in [-0.39, 0.29) is 23.2 Å². The molecule has 0 spiro atoms. The zero-order valence-electron chi connectivity index (χ0n) is 15.8. The minimum absolute atomic E-state index is 0.0207. The van der Waals surface area contributed by atoms with Gasteiger partial charge in [-0.1, -0.05) is 54.6 Å². The van der Waals surface area contributed by atoms with Crippen molar-refractivity contribution in [2.24, 2.45) is 4.99 Å². The molecule has 1 aliphatic heterocycles. The van der Waals surface area contributed by atoms with E-state index in [0.717, 1.165) is 16.7 Å². The van der Waals surface area contributed by atoms with E-state index in [2.05, 4.69) is 15.0 Å². The first-order chi connectivity index (χ1) is 13.9. The van der Waals surface area contributed by atoms with Crippen LogP contribution in [0.15, 0.2) is 76.6 Å². The maximum Gasteiger partial charge on any atom is 0.266 e. The summed E-state index contributed by atoms with van der Waals surface area (Å²) >= 11 is 0. The standard InChI is InChI=1S/C22H20FN3O2S/c1-15-7-2-3-8-16(15)13-17-10-6-12-20-21(17)25-22(26-29(20,27)28)24-14-18-9-4-5-11-19(18)23/h2-12H,13-14H2,1H3,(H2,24,25,26). The highest BCUT2D eigenvalue weighted by Crippen LogP contribution is 2.30. The highest BCUT2D eigenvalue weighted by Gasteiger charge is 2.28. The van der Waals surface area contributed by atoms with Crippen molar-refractivity contribution in [1.82, 2.24) is 4.72 Å². The third-order valence-electron chi connectivity index (χ3n) is 4.88. The topological polar surface area (TPSA) is 70.6 Å². The first-order valence-corrected chi connectivity index (χ1v) is 10.7. The van der Waals surface area contributed by atoms with Crippen molar-refractivity contribution >= 4 is 21.7 Å². The van der Waals surface area contributed by atoms with E-state index in [4.69, 9.17) is 0 Å². The number of hydrogen-bond acceptors (Lipinski definition) is 3. The van der Waals surface area contributed by atoms with E-state index in [0.29, 0.717) is 17.7 Å². The quantitative estimate of drug-likeness (QED) is 0.685. The molecule has 0 saturated carbocycles. The van der Waals surface area contributed by atoms with Gasteiger partial charge in [-0.05, 0) is 42.2 Å². The SMILES string of the molecule is Cc1ccccc1Cc1cccc2c1NC(=NCc1ccccc1F)NS2(=O)=O. The lowest BCUT2D eigenvalue weighted by Gasteiger charge is -2.24. The molecule has 1 aliphatic rings. The lowest BCUT2D eigenvalue weighted by molar-refractivity contribution is 0.591. The summed E-state index contributed by atoms with van der Waals surface area (Å²) in [6.45, 7) is 2.05. The normalized spacial score (nSPS) is 16.0. The van der Waals surface area contributed by atoms with E-state index in [1.807, 2.05) is 37.3 Å². The Hall–Kier alpha value is -3.19. The largest absolute Gasteiger partial charge is 0.324 e. The van der Waals surface area contributed by atoms with Gasteiger partial charge in [0.15, 0.2) is 0 Å². The molecule has 3 aromatic carbocycles. The van der Waals surface area contributed by atoms with Gasteiger partial charge in [-0.15, -0.1) is 0 Å². The molecular weight excluding hydrogens is 389 g/mol. The molecule has 0 unspecified atom stereocenters. The Morgan fingerprint density at radius 2 is 1.59 bits per heavy atom. The van der Waals surface area contributed by atoms with E-state index < -0.39 is 10.0 Å². The van der Waals surface area contributed by atoms with Crippen LogP contribution >= 0.6 is 0 Å². The molecule has 29 heavy (non-hydrogen) atoms. The number of halogens is 1. The number of anilines is 1. The number of nitrogens with zero attached hydrogens (tertiary/aromatic N) is 1. The Balaban J connectivity index is 1.69. The van der Waals surface area contributed by atoms with Crippen molar-refractivity contribution in [3.63, 3.8) is 0 Å². The second-order valence-corrected chi connectivity index (χ2v) is 8.53. The van der Waals surface area contributed by atoms with Gasteiger partial charge in [0.2, 0.25) is 5.96 Å². The van der Waals surface area contributed by atoms with Crippen molar-refractivity contribution in [2.45, 2.75) is 24.8 Å². The molecule has 0 aromatic heterocycles. The summed E-state index contributed by atoms with van der Waals surface area (Å²) in [7, 11) is -3.77. The van der Waals surface area contributed by atoms with Crippen LogP contribution in [0.1, 0.15) is 22.3 Å². The van der Waals surface area contributed by atoms with Crippen LogP contribution in [0.5, 0.6) is 0 Å². The van der Waals surface area contributed by atoms with Crippen LogP contribution in [-0.4, -0.2) is 14.4 Å². The van der Waals surface area contributed by atoms with Crippen LogP contribution < -0.4 is 10.0 Å². The van der Waals surface area contributed by atoms with Crippen LogP contribution in [0, 0.1) is 12.7 Å². The molecular formula is C22H20FN3O2S. The van der Waals surface area contributed by atoms with E-state index in [1.54, 1.807) is 30.3 Å². The number of guanidine groups is 1. The zero-order valence-corrected chi connectivity index (χ0v) is 16.6. The van der Waals surface area contributed by atoms with Crippen molar-refractivity contribution in [3.8, 4) is 0 Å². The molecule has 0 bridgehead atoms. The predicted molar refractivity (Wildman–Crippen MR) is 112 cm³/mol. The van der Waals surface area contributed by atoms with Crippen LogP contribution in [-0.2, 0) is 23.0 Å². The third-order valence-corrected chi connectivity index (χ3v) is 6.27. The molecule has 148 valence electrons. The molecule has 4 rings (SSSR count). The number of hydrogen-bond donors (Lipinski definition) is 2. The molecule has 0 radical (unpaired) electrons. The fraction of sp³-hybridized carbons (Fsp3) is 0.136. The van der Waals surface area contributed by atoms with Gasteiger partial charge < -0.3 is 5.32 Å². The van der Waals surface area contributed by atoms with Gasteiger partial charge in [-0.2, -0.15) is 0 Å². The molecule has 3 aromatic rings. The molecule has 5 nitrogen and oxygen atoms in total. The van der Waals surface area contributed by atoms with Crippen molar-refractivity contribution < 1.29 is 12.8 Å². The second-order valence-electron chi connectivity index (χ2n) is 6.88. The Morgan fingerprint density at radius 3 is 2.34 bits per heavy atom. The average Bonchev–Trinajstić information content (AvgIpc) is 2.69. The fourth-order valence-electron chi connectivity index (χ4n) is 3.29. The predicted octanol–water partition coefficient (Wildman–Crippen LogP) is 3.98. The smallest absolute Gasteiger partial charge is 0.266 e. The lowest BCUT2D eigenvalue weighted by Crippen LogP contribution is -2.41. The number of aliphatic imine (C=N–C) groups is 1. The van der Waals surface area contributed by atoms with E-state index >= 15 is 0 Å². The Morgan fingerprint density at radius 1 is 0.897 bits per heavy atom. The summed E-state index contributed by atoms with van der Waals surface area (Å²) in [4.78, 5) is 4.42. The molecule has 2 N–H and O–H groups in total. The van der Waals surface area contributed by atoms with Gasteiger partial charge in [-0.25, -0.2) is 22.5 Å². The van der Waals surface area contributed by atoms with Crippen LogP contribution in [0.25, 0.3) is 0 Å². The Kier molecular flexibility index (Phi) is 5.07. The Labute approximate surface area is 169 Å². The fourth-order valence-corrected chi connectivity index (χ4v) is 4.48. The first-order valence-electron chi connectivity index (χ1n) is 9.18. The number of nitrogens with one attached hydrogen (secondary N) is 2. The summed E-state index contributed by atoms with van der Waals surface area (Å²) in [5.74, 6) is -0.297. The second kappa shape index (κ2) is 7.67. The van der Waals surface area contributed by atoms with Crippen molar-refractivity contribution in [2.75, 3.05) is 5.32 Å². The Bertz CT molecular complexity index is 1210. The molecule has 0 amide bonds. The van der Waals surface area contributed by atoms with Crippen LogP contribution in [0.4, 0.5) is 10.1 Å². The summed E-state index contributed by atoms with van der Waals surface area (Å²) in [5, 5.41) is 3.09. The van der Waals surface area contributed by atoms with Gasteiger partial charge in [0, 0.05) is 5.56 Å². The monoisotopic (exact) mass is 409 g/mol. The van der Waals surface area contributed by atoms with Crippen LogP contribution in [0.2, 0.25) is 0 Å². The molecule has 1 heterocycles. The maximum absolute atomic E-state index is 13.9. The van der Waals surface area contributed by atoms with E-state index in [1.165, 1.54) is 6.07 Å². The number of para-hydroxylation sites is 1. The molecule has 0 aliphatic carbocycles. The highest BCUT2D eigenvalue weighted by atomic mass is 32.2. The number of rotatable bonds is 4. The third kappa shape index (κ3) is 4.00. The van der Waals surface area contributed by atoms with Gasteiger partial charge in [0.25, 0.3) is 10.0 Å². The molecule has 7 heteroatoms. The summed E-state index contributed by atoms with van der Waals surface area (Å²) < 4.78 is 41.7. The minimum Gasteiger partial charge on any atom is -0.324 e. The first kappa shape index (κ1) is 19.1. The van der Waals surface area contributed by atoms with Gasteiger partial charge >= 0.3 is 0 Å². The molecule has 0 fully saturated rings. The van der Waals surface area contributed by atoms with Crippen LogP contribution in [0.3, 0.4) is 0 Å². The number of benzene rings is 3. The minimum atomic E-state index is -3.77. The molecule has 0 atom stereocenters. The average molecular weight is 409 g/mol. The number of sulfonamides is 1.